The third-order valence-electron chi connectivity index (χ3n) is 6.14. The van der Waals surface area contributed by atoms with Gasteiger partial charge in [0.2, 0.25) is 0 Å². The van der Waals surface area contributed by atoms with Gasteiger partial charge in [-0.25, -0.2) is 0 Å². The molecular formula is C19H37IN4. The summed E-state index contributed by atoms with van der Waals surface area (Å²) in [5, 5.41) is 3.69. The zero-order valence-corrected chi connectivity index (χ0v) is 18.2. The first-order valence-corrected chi connectivity index (χ1v) is 9.78. The topological polar surface area (TPSA) is 30.9 Å². The van der Waals surface area contributed by atoms with Gasteiger partial charge in [-0.05, 0) is 55.9 Å². The first kappa shape index (κ1) is 20.3. The molecule has 140 valence electrons. The van der Waals surface area contributed by atoms with Crippen LogP contribution in [0.15, 0.2) is 4.99 Å². The maximum absolute atomic E-state index is 4.56. The third-order valence-corrected chi connectivity index (χ3v) is 6.14. The molecule has 0 aromatic heterocycles. The normalized spacial score (nSPS) is 27.2. The highest BCUT2D eigenvalue weighted by Gasteiger charge is 2.43. The van der Waals surface area contributed by atoms with Gasteiger partial charge in [0.05, 0.1) is 0 Å². The highest BCUT2D eigenvalue weighted by atomic mass is 127. The number of aliphatic imine (C=N–C) groups is 1. The minimum atomic E-state index is 0. The van der Waals surface area contributed by atoms with E-state index in [1.54, 1.807) is 0 Å². The van der Waals surface area contributed by atoms with Crippen LogP contribution in [0.25, 0.3) is 0 Å². The van der Waals surface area contributed by atoms with Crippen molar-refractivity contribution in [1.29, 1.82) is 0 Å². The van der Waals surface area contributed by atoms with Gasteiger partial charge in [-0.15, -0.1) is 24.0 Å². The van der Waals surface area contributed by atoms with E-state index in [-0.39, 0.29) is 24.0 Å². The first-order valence-electron chi connectivity index (χ1n) is 9.78. The number of nitrogens with one attached hydrogen (secondary N) is 1. The molecule has 24 heavy (non-hydrogen) atoms. The number of halogens is 1. The van der Waals surface area contributed by atoms with E-state index in [9.17, 15) is 0 Å². The Labute approximate surface area is 165 Å². The van der Waals surface area contributed by atoms with Crippen LogP contribution < -0.4 is 5.32 Å². The van der Waals surface area contributed by atoms with Gasteiger partial charge in [-0.3, -0.25) is 4.99 Å². The van der Waals surface area contributed by atoms with E-state index in [0.29, 0.717) is 5.41 Å². The van der Waals surface area contributed by atoms with E-state index in [0.717, 1.165) is 24.3 Å². The SMILES string of the molecule is CN=C(NCC1CCCN(CC(C)C)C1)N1CCC2(CCC2)C1.I. The van der Waals surface area contributed by atoms with Gasteiger partial charge in [0.15, 0.2) is 5.96 Å². The molecule has 2 aliphatic heterocycles. The van der Waals surface area contributed by atoms with Crippen molar-refractivity contribution in [1.82, 2.24) is 15.1 Å². The predicted octanol–water partition coefficient (Wildman–Crippen LogP) is 3.42. The molecule has 3 rings (SSSR count). The molecule has 1 N–H and O–H groups in total. The van der Waals surface area contributed by atoms with Crippen LogP contribution in [0, 0.1) is 17.3 Å². The number of likely N-dealkylation sites (tertiary alicyclic amines) is 2. The minimum Gasteiger partial charge on any atom is -0.356 e. The number of rotatable bonds is 4. The van der Waals surface area contributed by atoms with Crippen LogP contribution in [0.2, 0.25) is 0 Å². The molecule has 4 nitrogen and oxygen atoms in total. The molecule has 0 radical (unpaired) electrons. The zero-order chi connectivity index (χ0) is 16.3. The Morgan fingerprint density at radius 3 is 2.58 bits per heavy atom. The van der Waals surface area contributed by atoms with Crippen LogP contribution in [-0.4, -0.2) is 62.1 Å². The van der Waals surface area contributed by atoms with Crippen molar-refractivity contribution < 1.29 is 0 Å². The second-order valence-corrected chi connectivity index (χ2v) is 8.61. The summed E-state index contributed by atoms with van der Waals surface area (Å²) in [6.45, 7) is 12.0. The molecule has 3 aliphatic rings. The molecule has 2 saturated heterocycles. The largest absolute Gasteiger partial charge is 0.356 e. The molecule has 0 bridgehead atoms. The van der Waals surface area contributed by atoms with Crippen LogP contribution in [0.4, 0.5) is 0 Å². The summed E-state index contributed by atoms with van der Waals surface area (Å²) in [6, 6.07) is 0. The summed E-state index contributed by atoms with van der Waals surface area (Å²) < 4.78 is 0. The lowest BCUT2D eigenvalue weighted by atomic mass is 9.68. The number of piperidine rings is 1. The lowest BCUT2D eigenvalue weighted by Crippen LogP contribution is -2.46. The van der Waals surface area contributed by atoms with Crippen molar-refractivity contribution in [3.63, 3.8) is 0 Å². The lowest BCUT2D eigenvalue weighted by Gasteiger charge is -2.38. The number of guanidine groups is 1. The Hall–Kier alpha value is -0.0400. The van der Waals surface area contributed by atoms with Gasteiger partial charge in [-0.2, -0.15) is 0 Å². The van der Waals surface area contributed by atoms with Crippen LogP contribution >= 0.6 is 24.0 Å². The molecule has 1 spiro atoms. The van der Waals surface area contributed by atoms with E-state index in [1.165, 1.54) is 71.2 Å². The zero-order valence-electron chi connectivity index (χ0n) is 15.9. The third kappa shape index (κ3) is 4.99. The summed E-state index contributed by atoms with van der Waals surface area (Å²) >= 11 is 0. The van der Waals surface area contributed by atoms with Gasteiger partial charge in [0.1, 0.15) is 0 Å². The van der Waals surface area contributed by atoms with Crippen molar-refractivity contribution in [2.45, 2.75) is 52.4 Å². The number of hydrogen-bond donors (Lipinski definition) is 1. The second kappa shape index (κ2) is 9.06. The molecule has 2 heterocycles. The molecule has 1 saturated carbocycles. The fourth-order valence-corrected chi connectivity index (χ4v) is 4.77. The highest BCUT2D eigenvalue weighted by Crippen LogP contribution is 2.47. The monoisotopic (exact) mass is 448 g/mol. The average molecular weight is 448 g/mol. The van der Waals surface area contributed by atoms with Crippen molar-refractivity contribution >= 4 is 29.9 Å². The van der Waals surface area contributed by atoms with Crippen molar-refractivity contribution in [3.8, 4) is 0 Å². The van der Waals surface area contributed by atoms with E-state index in [1.807, 2.05) is 7.05 Å². The van der Waals surface area contributed by atoms with Crippen molar-refractivity contribution in [2.75, 3.05) is 46.3 Å². The van der Waals surface area contributed by atoms with E-state index in [4.69, 9.17) is 0 Å². The fourth-order valence-electron chi connectivity index (χ4n) is 4.77. The van der Waals surface area contributed by atoms with Crippen LogP contribution in [0.3, 0.4) is 0 Å². The van der Waals surface area contributed by atoms with E-state index in [2.05, 4.69) is 34.0 Å². The summed E-state index contributed by atoms with van der Waals surface area (Å²) in [6.07, 6.45) is 8.40. The standard InChI is InChI=1S/C19H36N4.HI/c1-16(2)13-22-10-4-6-17(14-22)12-21-18(20-3)23-11-9-19(15-23)7-5-8-19;/h16-17H,4-15H2,1-3H3,(H,20,21);1H. The summed E-state index contributed by atoms with van der Waals surface area (Å²) in [7, 11) is 1.94. The minimum absolute atomic E-state index is 0. The number of nitrogens with zero attached hydrogens (tertiary/aromatic N) is 3. The Kier molecular flexibility index (Phi) is 7.65. The first-order chi connectivity index (χ1) is 11.1. The van der Waals surface area contributed by atoms with Gasteiger partial charge in [0, 0.05) is 39.8 Å². The average Bonchev–Trinajstić information content (AvgIpc) is 2.93. The second-order valence-electron chi connectivity index (χ2n) is 8.61. The Morgan fingerprint density at radius 1 is 1.21 bits per heavy atom. The summed E-state index contributed by atoms with van der Waals surface area (Å²) in [5.41, 5.74) is 0.649. The molecule has 1 unspecified atom stereocenters. The van der Waals surface area contributed by atoms with Gasteiger partial charge < -0.3 is 15.1 Å². The highest BCUT2D eigenvalue weighted by molar-refractivity contribution is 14.0. The fraction of sp³-hybridized carbons (Fsp3) is 0.947. The maximum Gasteiger partial charge on any atom is 0.193 e. The molecule has 1 aliphatic carbocycles. The molecule has 1 atom stereocenters. The Morgan fingerprint density at radius 2 is 2.00 bits per heavy atom. The van der Waals surface area contributed by atoms with Crippen LogP contribution in [0.1, 0.15) is 52.4 Å². The van der Waals surface area contributed by atoms with Crippen LogP contribution in [0.5, 0.6) is 0 Å². The van der Waals surface area contributed by atoms with Gasteiger partial charge in [0.25, 0.3) is 0 Å². The molecule has 0 aromatic carbocycles. The molecule has 0 amide bonds. The smallest absolute Gasteiger partial charge is 0.193 e. The molecular weight excluding hydrogens is 411 g/mol. The quantitative estimate of drug-likeness (QED) is 0.406. The summed E-state index contributed by atoms with van der Waals surface area (Å²) in [5.74, 6) is 2.70. The predicted molar refractivity (Wildman–Crippen MR) is 113 cm³/mol. The van der Waals surface area contributed by atoms with Crippen molar-refractivity contribution in [2.24, 2.45) is 22.2 Å². The van der Waals surface area contributed by atoms with E-state index >= 15 is 0 Å². The lowest BCUT2D eigenvalue weighted by molar-refractivity contribution is 0.150. The van der Waals surface area contributed by atoms with Gasteiger partial charge in [-0.1, -0.05) is 20.3 Å². The number of hydrogen-bond acceptors (Lipinski definition) is 2. The van der Waals surface area contributed by atoms with E-state index < -0.39 is 0 Å². The summed E-state index contributed by atoms with van der Waals surface area (Å²) in [4.78, 5) is 9.73. The maximum atomic E-state index is 4.56. The Bertz CT molecular complexity index is 420. The van der Waals surface area contributed by atoms with Crippen molar-refractivity contribution in [3.05, 3.63) is 0 Å². The molecule has 5 heteroatoms. The Balaban J connectivity index is 0.00000208. The molecule has 0 aromatic rings. The van der Waals surface area contributed by atoms with Gasteiger partial charge >= 0.3 is 0 Å². The molecule has 3 fully saturated rings. The van der Waals surface area contributed by atoms with Crippen LogP contribution in [-0.2, 0) is 0 Å².